The highest BCUT2D eigenvalue weighted by Gasteiger charge is 2.14. The van der Waals surface area contributed by atoms with Crippen LogP contribution in [0, 0.1) is 6.92 Å². The highest BCUT2D eigenvalue weighted by atomic mass is 16.3. The van der Waals surface area contributed by atoms with Crippen molar-refractivity contribution in [1.82, 2.24) is 19.3 Å². The molecule has 0 amide bonds. The zero-order valence-corrected chi connectivity index (χ0v) is 13.4. The molecule has 0 aliphatic heterocycles. The molecule has 0 bridgehead atoms. The molecule has 0 fully saturated rings. The average molecular weight is 320 g/mol. The molecule has 6 nitrogen and oxygen atoms in total. The standard InChI is InChI=1S/C18H16N4O2/c1-11-4-3-5-12(20-11)10-22-18(24)17-15(9-19-22)14-8-13(23)6-7-16(14)21(17)2/h3-9,23H,10H2,1-2H3. The molecule has 1 N–H and O–H groups in total. The maximum Gasteiger partial charge on any atom is 0.291 e. The minimum absolute atomic E-state index is 0.170. The van der Waals surface area contributed by atoms with Gasteiger partial charge in [0.25, 0.3) is 5.56 Å². The van der Waals surface area contributed by atoms with Gasteiger partial charge in [0.2, 0.25) is 0 Å². The zero-order valence-electron chi connectivity index (χ0n) is 13.4. The van der Waals surface area contributed by atoms with Gasteiger partial charge in [0.1, 0.15) is 11.3 Å². The number of nitrogens with zero attached hydrogens (tertiary/aromatic N) is 4. The Bertz CT molecular complexity index is 1140. The lowest BCUT2D eigenvalue weighted by Crippen LogP contribution is -2.24. The Morgan fingerprint density at radius 2 is 2.00 bits per heavy atom. The molecule has 0 spiro atoms. The highest BCUT2D eigenvalue weighted by molar-refractivity contribution is 6.07. The molecule has 3 aromatic heterocycles. The number of rotatable bonds is 2. The average Bonchev–Trinajstić information content (AvgIpc) is 2.83. The summed E-state index contributed by atoms with van der Waals surface area (Å²) in [5, 5.41) is 15.6. The number of aryl methyl sites for hydroxylation is 2. The minimum Gasteiger partial charge on any atom is -0.508 e. The Hall–Kier alpha value is -3.15. The Morgan fingerprint density at radius 1 is 1.17 bits per heavy atom. The van der Waals surface area contributed by atoms with Crippen molar-refractivity contribution >= 4 is 21.8 Å². The molecule has 3 heterocycles. The molecule has 0 radical (unpaired) electrons. The van der Waals surface area contributed by atoms with E-state index in [1.165, 1.54) is 4.68 Å². The summed E-state index contributed by atoms with van der Waals surface area (Å²) >= 11 is 0. The van der Waals surface area contributed by atoms with Crippen LogP contribution in [0.25, 0.3) is 21.8 Å². The summed E-state index contributed by atoms with van der Waals surface area (Å²) < 4.78 is 3.26. The summed E-state index contributed by atoms with van der Waals surface area (Å²) in [6.07, 6.45) is 1.67. The van der Waals surface area contributed by atoms with Gasteiger partial charge in [-0.15, -0.1) is 0 Å². The number of pyridine rings is 1. The summed E-state index contributed by atoms with van der Waals surface area (Å²) in [5.74, 6) is 0.170. The third-order valence-corrected chi connectivity index (χ3v) is 4.24. The second-order valence-corrected chi connectivity index (χ2v) is 5.90. The van der Waals surface area contributed by atoms with E-state index in [-0.39, 0.29) is 11.3 Å². The fraction of sp³-hybridized carbons (Fsp3) is 0.167. The first-order valence-electron chi connectivity index (χ1n) is 7.64. The van der Waals surface area contributed by atoms with E-state index >= 15 is 0 Å². The predicted octanol–water partition coefficient (Wildman–Crippen LogP) is 2.35. The van der Waals surface area contributed by atoms with E-state index in [0.717, 1.165) is 27.7 Å². The molecule has 0 saturated heterocycles. The minimum atomic E-state index is -0.172. The first kappa shape index (κ1) is 14.4. The van der Waals surface area contributed by atoms with E-state index in [2.05, 4.69) is 10.1 Å². The van der Waals surface area contributed by atoms with Crippen molar-refractivity contribution in [3.8, 4) is 5.75 Å². The Morgan fingerprint density at radius 3 is 2.79 bits per heavy atom. The van der Waals surface area contributed by atoms with Crippen LogP contribution >= 0.6 is 0 Å². The molecule has 0 aliphatic carbocycles. The summed E-state index contributed by atoms with van der Waals surface area (Å²) in [6.45, 7) is 2.24. The number of aromatic hydroxyl groups is 1. The van der Waals surface area contributed by atoms with Crippen LogP contribution in [0.2, 0.25) is 0 Å². The van der Waals surface area contributed by atoms with Crippen molar-refractivity contribution in [2.24, 2.45) is 7.05 Å². The maximum absolute atomic E-state index is 12.9. The largest absolute Gasteiger partial charge is 0.508 e. The van der Waals surface area contributed by atoms with E-state index in [4.69, 9.17) is 0 Å². The highest BCUT2D eigenvalue weighted by Crippen LogP contribution is 2.28. The van der Waals surface area contributed by atoms with Gasteiger partial charge < -0.3 is 9.67 Å². The van der Waals surface area contributed by atoms with Crippen LogP contribution < -0.4 is 5.56 Å². The smallest absolute Gasteiger partial charge is 0.291 e. The SMILES string of the molecule is Cc1cccc(Cn2ncc3c4cc(O)ccc4n(C)c3c2=O)n1. The van der Waals surface area contributed by atoms with Crippen molar-refractivity contribution < 1.29 is 5.11 Å². The summed E-state index contributed by atoms with van der Waals surface area (Å²) in [7, 11) is 1.85. The van der Waals surface area contributed by atoms with Gasteiger partial charge in [0.05, 0.1) is 18.4 Å². The fourth-order valence-electron chi connectivity index (χ4n) is 3.11. The van der Waals surface area contributed by atoms with E-state index in [1.54, 1.807) is 24.4 Å². The van der Waals surface area contributed by atoms with E-state index < -0.39 is 0 Å². The number of hydrogen-bond donors (Lipinski definition) is 1. The Balaban J connectivity index is 1.93. The lowest BCUT2D eigenvalue weighted by molar-refractivity contribution is 0.476. The van der Waals surface area contributed by atoms with Gasteiger partial charge in [-0.1, -0.05) is 6.07 Å². The number of phenolic OH excluding ortho intramolecular Hbond substituents is 1. The number of phenols is 1. The molecule has 6 heteroatoms. The topological polar surface area (TPSA) is 72.9 Å². The molecule has 1 aromatic carbocycles. The normalized spacial score (nSPS) is 11.4. The van der Waals surface area contributed by atoms with Gasteiger partial charge >= 0.3 is 0 Å². The van der Waals surface area contributed by atoms with Crippen LogP contribution in [0.3, 0.4) is 0 Å². The zero-order chi connectivity index (χ0) is 16.8. The van der Waals surface area contributed by atoms with Crippen molar-refractivity contribution in [2.45, 2.75) is 13.5 Å². The maximum atomic E-state index is 12.9. The first-order chi connectivity index (χ1) is 11.5. The first-order valence-corrected chi connectivity index (χ1v) is 7.64. The van der Waals surface area contributed by atoms with Gasteiger partial charge in [0, 0.05) is 29.0 Å². The third kappa shape index (κ3) is 2.15. The Labute approximate surface area is 137 Å². The molecule has 120 valence electrons. The van der Waals surface area contributed by atoms with Crippen molar-refractivity contribution in [1.29, 1.82) is 0 Å². The summed E-state index contributed by atoms with van der Waals surface area (Å²) in [5.41, 5.74) is 2.97. The Kier molecular flexibility index (Phi) is 3.13. The molecule has 0 unspecified atom stereocenters. The van der Waals surface area contributed by atoms with Crippen LogP contribution in [0.5, 0.6) is 5.75 Å². The monoisotopic (exact) mass is 320 g/mol. The van der Waals surface area contributed by atoms with Gasteiger partial charge in [0.15, 0.2) is 0 Å². The van der Waals surface area contributed by atoms with Gasteiger partial charge in [-0.2, -0.15) is 5.10 Å². The lowest BCUT2D eigenvalue weighted by Gasteiger charge is -2.05. The van der Waals surface area contributed by atoms with Crippen molar-refractivity contribution in [3.05, 3.63) is 64.3 Å². The predicted molar refractivity (Wildman–Crippen MR) is 92.2 cm³/mol. The summed E-state index contributed by atoms with van der Waals surface area (Å²) in [6, 6.07) is 10.8. The molecule has 0 atom stereocenters. The van der Waals surface area contributed by atoms with Crippen molar-refractivity contribution in [2.75, 3.05) is 0 Å². The second kappa shape index (κ2) is 5.19. The molecule has 0 aliphatic rings. The quantitative estimate of drug-likeness (QED) is 0.615. The van der Waals surface area contributed by atoms with Crippen molar-refractivity contribution in [3.63, 3.8) is 0 Å². The van der Waals surface area contributed by atoms with E-state index in [0.29, 0.717) is 12.1 Å². The van der Waals surface area contributed by atoms with Crippen LogP contribution in [-0.2, 0) is 13.6 Å². The molecular weight excluding hydrogens is 304 g/mol. The molecule has 0 saturated carbocycles. The second-order valence-electron chi connectivity index (χ2n) is 5.90. The van der Waals surface area contributed by atoms with Crippen LogP contribution in [0.15, 0.2) is 47.4 Å². The molecule has 4 rings (SSSR count). The van der Waals surface area contributed by atoms with E-state index in [9.17, 15) is 9.90 Å². The third-order valence-electron chi connectivity index (χ3n) is 4.24. The van der Waals surface area contributed by atoms with Gasteiger partial charge in [-0.05, 0) is 37.3 Å². The number of hydrogen-bond acceptors (Lipinski definition) is 4. The molecular formula is C18H16N4O2. The van der Waals surface area contributed by atoms with Crippen LogP contribution in [0.1, 0.15) is 11.4 Å². The molecule has 24 heavy (non-hydrogen) atoms. The summed E-state index contributed by atoms with van der Waals surface area (Å²) in [4.78, 5) is 17.3. The molecule has 4 aromatic rings. The van der Waals surface area contributed by atoms with Gasteiger partial charge in [-0.25, -0.2) is 4.68 Å². The van der Waals surface area contributed by atoms with E-state index in [1.807, 2.05) is 36.7 Å². The number of aromatic nitrogens is 4. The van der Waals surface area contributed by atoms with Crippen LogP contribution in [0.4, 0.5) is 0 Å². The lowest BCUT2D eigenvalue weighted by atomic mass is 10.2. The number of benzene rings is 1. The van der Waals surface area contributed by atoms with Gasteiger partial charge in [-0.3, -0.25) is 9.78 Å². The number of fused-ring (bicyclic) bond motifs is 3. The fourth-order valence-corrected chi connectivity index (χ4v) is 3.11. The van der Waals surface area contributed by atoms with Crippen LogP contribution in [-0.4, -0.2) is 24.4 Å².